The zero-order valence-corrected chi connectivity index (χ0v) is 11.8. The van der Waals surface area contributed by atoms with Crippen molar-refractivity contribution in [3.63, 3.8) is 0 Å². The molecule has 0 aromatic rings. The molecule has 0 radical (unpaired) electrons. The molecule has 2 saturated heterocycles. The van der Waals surface area contributed by atoms with Crippen molar-refractivity contribution in [3.05, 3.63) is 0 Å². The largest absolute Gasteiger partial charge is 0.394 e. The summed E-state index contributed by atoms with van der Waals surface area (Å²) in [5.74, 6) is 0. The van der Waals surface area contributed by atoms with Gasteiger partial charge < -0.3 is 50.0 Å². The standard InChI is InChI=1S/C12H22O10/c1-3-5(14)7(16)9(18)12(20-3)22-10-8(17)6(15)4(2-13)21-11(10)19/h3-19H,2H2,1H3/t3-,4+,5-,6+,7+,8-,9+,10+,11?,12-/m0/s1. The van der Waals surface area contributed by atoms with Crippen LogP contribution in [-0.2, 0) is 14.2 Å². The van der Waals surface area contributed by atoms with E-state index < -0.39 is 68.0 Å². The van der Waals surface area contributed by atoms with E-state index in [4.69, 9.17) is 19.3 Å². The lowest BCUT2D eigenvalue weighted by Gasteiger charge is -2.44. The van der Waals surface area contributed by atoms with Crippen LogP contribution in [0, 0.1) is 0 Å². The molecule has 10 nitrogen and oxygen atoms in total. The molecule has 7 N–H and O–H groups in total. The summed E-state index contributed by atoms with van der Waals surface area (Å²) in [4.78, 5) is 0. The Morgan fingerprint density at radius 2 is 1.45 bits per heavy atom. The highest BCUT2D eigenvalue weighted by molar-refractivity contribution is 4.92. The highest BCUT2D eigenvalue weighted by Crippen LogP contribution is 2.28. The maximum absolute atomic E-state index is 9.93. The van der Waals surface area contributed by atoms with Gasteiger partial charge in [0.1, 0.15) is 42.7 Å². The molecular weight excluding hydrogens is 304 g/mol. The van der Waals surface area contributed by atoms with E-state index in [-0.39, 0.29) is 0 Å². The first-order valence-electron chi connectivity index (χ1n) is 6.93. The van der Waals surface area contributed by atoms with Gasteiger partial charge in [-0.1, -0.05) is 0 Å². The summed E-state index contributed by atoms with van der Waals surface area (Å²) >= 11 is 0. The molecule has 10 atom stereocenters. The fourth-order valence-corrected chi connectivity index (χ4v) is 2.50. The van der Waals surface area contributed by atoms with Gasteiger partial charge in [-0.2, -0.15) is 0 Å². The highest BCUT2D eigenvalue weighted by Gasteiger charge is 2.49. The molecule has 0 saturated carbocycles. The predicted molar refractivity (Wildman–Crippen MR) is 67.2 cm³/mol. The molecular formula is C12H22O10. The predicted octanol–water partition coefficient (Wildman–Crippen LogP) is -4.37. The Morgan fingerprint density at radius 3 is 2.05 bits per heavy atom. The fraction of sp³-hybridized carbons (Fsp3) is 1.00. The first-order chi connectivity index (χ1) is 10.3. The van der Waals surface area contributed by atoms with E-state index >= 15 is 0 Å². The normalized spacial score (nSPS) is 53.5. The summed E-state index contributed by atoms with van der Waals surface area (Å²) in [5, 5.41) is 67.5. The zero-order chi connectivity index (χ0) is 16.6. The quantitative estimate of drug-likeness (QED) is 0.269. The molecule has 1 unspecified atom stereocenters. The van der Waals surface area contributed by atoms with E-state index in [2.05, 4.69) is 0 Å². The Morgan fingerprint density at radius 1 is 0.818 bits per heavy atom. The van der Waals surface area contributed by atoms with Gasteiger partial charge in [0.2, 0.25) is 0 Å². The lowest BCUT2D eigenvalue weighted by atomic mass is 9.97. The van der Waals surface area contributed by atoms with E-state index in [1.807, 2.05) is 0 Å². The van der Waals surface area contributed by atoms with Crippen LogP contribution >= 0.6 is 0 Å². The molecule has 0 aliphatic carbocycles. The van der Waals surface area contributed by atoms with Gasteiger partial charge in [-0.15, -0.1) is 0 Å². The minimum absolute atomic E-state index is 0.619. The van der Waals surface area contributed by atoms with Gasteiger partial charge in [0.05, 0.1) is 12.7 Å². The maximum Gasteiger partial charge on any atom is 0.187 e. The molecule has 0 amide bonds. The molecule has 0 aromatic carbocycles. The number of hydrogen-bond donors (Lipinski definition) is 7. The summed E-state index contributed by atoms with van der Waals surface area (Å²) in [7, 11) is 0. The zero-order valence-electron chi connectivity index (χ0n) is 11.8. The minimum atomic E-state index is -1.69. The van der Waals surface area contributed by atoms with Crippen LogP contribution in [-0.4, -0.2) is 104 Å². The number of rotatable bonds is 3. The van der Waals surface area contributed by atoms with Crippen LogP contribution in [0.2, 0.25) is 0 Å². The Labute approximate surface area is 126 Å². The summed E-state index contributed by atoms with van der Waals surface area (Å²) < 4.78 is 15.3. The molecule has 10 heteroatoms. The molecule has 0 spiro atoms. The van der Waals surface area contributed by atoms with Crippen LogP contribution in [0.1, 0.15) is 6.92 Å². The molecule has 2 heterocycles. The third kappa shape index (κ3) is 3.26. The highest BCUT2D eigenvalue weighted by atomic mass is 16.7. The van der Waals surface area contributed by atoms with E-state index in [1.165, 1.54) is 6.92 Å². The summed E-state index contributed by atoms with van der Waals surface area (Å²) in [6, 6.07) is 0. The van der Waals surface area contributed by atoms with Crippen LogP contribution in [0.5, 0.6) is 0 Å². The first kappa shape index (κ1) is 17.9. The second-order valence-corrected chi connectivity index (χ2v) is 5.51. The van der Waals surface area contributed by atoms with E-state index in [1.54, 1.807) is 0 Å². The molecule has 2 rings (SSSR count). The van der Waals surface area contributed by atoms with Gasteiger partial charge in [0, 0.05) is 0 Å². The lowest BCUT2D eigenvalue weighted by molar-refractivity contribution is -0.358. The van der Waals surface area contributed by atoms with Crippen molar-refractivity contribution >= 4 is 0 Å². The monoisotopic (exact) mass is 326 g/mol. The number of aliphatic hydroxyl groups is 7. The van der Waals surface area contributed by atoms with Crippen LogP contribution < -0.4 is 0 Å². The van der Waals surface area contributed by atoms with Crippen LogP contribution in [0.15, 0.2) is 0 Å². The Hall–Kier alpha value is -0.400. The van der Waals surface area contributed by atoms with E-state index in [9.17, 15) is 30.6 Å². The average Bonchev–Trinajstić information content (AvgIpc) is 2.49. The number of ether oxygens (including phenoxy) is 3. The van der Waals surface area contributed by atoms with Crippen molar-refractivity contribution in [1.29, 1.82) is 0 Å². The summed E-state index contributed by atoms with van der Waals surface area (Å²) in [5.41, 5.74) is 0. The van der Waals surface area contributed by atoms with Crippen LogP contribution in [0.4, 0.5) is 0 Å². The molecule has 0 bridgehead atoms. The molecule has 0 aromatic heterocycles. The van der Waals surface area contributed by atoms with Crippen molar-refractivity contribution < 1.29 is 50.0 Å². The van der Waals surface area contributed by atoms with Gasteiger partial charge in [-0.05, 0) is 6.92 Å². The van der Waals surface area contributed by atoms with Crippen molar-refractivity contribution in [2.24, 2.45) is 0 Å². The molecule has 2 fully saturated rings. The summed E-state index contributed by atoms with van der Waals surface area (Å²) in [6.45, 7) is 0.823. The van der Waals surface area contributed by atoms with Crippen LogP contribution in [0.25, 0.3) is 0 Å². The van der Waals surface area contributed by atoms with E-state index in [0.29, 0.717) is 0 Å². The van der Waals surface area contributed by atoms with Crippen molar-refractivity contribution in [2.45, 2.75) is 68.3 Å². The fourth-order valence-electron chi connectivity index (χ4n) is 2.50. The minimum Gasteiger partial charge on any atom is -0.394 e. The average molecular weight is 326 g/mol. The van der Waals surface area contributed by atoms with Gasteiger partial charge in [0.15, 0.2) is 12.6 Å². The Balaban J connectivity index is 2.06. The second kappa shape index (κ2) is 7.01. The smallest absolute Gasteiger partial charge is 0.187 e. The van der Waals surface area contributed by atoms with Gasteiger partial charge in [-0.3, -0.25) is 0 Å². The Kier molecular flexibility index (Phi) is 5.72. The second-order valence-electron chi connectivity index (χ2n) is 5.51. The van der Waals surface area contributed by atoms with Crippen molar-refractivity contribution in [3.8, 4) is 0 Å². The van der Waals surface area contributed by atoms with Gasteiger partial charge in [-0.25, -0.2) is 0 Å². The SMILES string of the molecule is C[C@@H]1O[C@@H](O[C@H]2C(O)O[C@H](CO)[C@@H](O)[C@@H]2O)[C@H](O)[C@H](O)[C@H]1O. The maximum atomic E-state index is 9.93. The van der Waals surface area contributed by atoms with Crippen molar-refractivity contribution in [1.82, 2.24) is 0 Å². The lowest BCUT2D eigenvalue weighted by Crippen LogP contribution is -2.63. The number of hydrogen-bond acceptors (Lipinski definition) is 10. The molecule has 130 valence electrons. The number of aliphatic hydroxyl groups excluding tert-OH is 7. The Bertz CT molecular complexity index is 368. The molecule has 2 aliphatic rings. The first-order valence-corrected chi connectivity index (χ1v) is 6.93. The topological polar surface area (TPSA) is 169 Å². The van der Waals surface area contributed by atoms with Crippen LogP contribution in [0.3, 0.4) is 0 Å². The van der Waals surface area contributed by atoms with E-state index in [0.717, 1.165) is 0 Å². The van der Waals surface area contributed by atoms with Gasteiger partial charge in [0.25, 0.3) is 0 Å². The summed E-state index contributed by atoms with van der Waals surface area (Å²) in [6.07, 6.45) is -14.3. The van der Waals surface area contributed by atoms with Crippen molar-refractivity contribution in [2.75, 3.05) is 6.61 Å². The molecule has 22 heavy (non-hydrogen) atoms. The third-order valence-electron chi connectivity index (χ3n) is 3.94. The van der Waals surface area contributed by atoms with Gasteiger partial charge >= 0.3 is 0 Å². The third-order valence-corrected chi connectivity index (χ3v) is 3.94. The molecule has 2 aliphatic heterocycles.